The van der Waals surface area contributed by atoms with E-state index in [9.17, 15) is 14.4 Å². The van der Waals surface area contributed by atoms with Gasteiger partial charge in [0.15, 0.2) is 6.61 Å². The number of carbonyl (C=O) groups is 3. The van der Waals surface area contributed by atoms with Gasteiger partial charge < -0.3 is 19.7 Å². The molecule has 1 aliphatic rings. The first kappa shape index (κ1) is 22.4. The van der Waals surface area contributed by atoms with Gasteiger partial charge >= 0.3 is 6.09 Å². The molecule has 0 fully saturated rings. The summed E-state index contributed by atoms with van der Waals surface area (Å²) in [5.74, 6) is -0.283. The van der Waals surface area contributed by atoms with Gasteiger partial charge in [0, 0.05) is 17.8 Å². The number of hydrogen-bond donors (Lipinski definition) is 1. The molecule has 0 saturated heterocycles. The number of nitrogens with one attached hydrogen (secondary N) is 1. The number of anilines is 3. The smallest absolute Gasteiger partial charge is 0.410 e. The molecule has 0 radical (unpaired) electrons. The number of pyridine rings is 1. The van der Waals surface area contributed by atoms with Gasteiger partial charge in [-0.15, -0.1) is 0 Å². The SMILES string of the molecule is CN(CC(=O)Nc1ccc2c(n1)OCC(=O)N2c1ccc(Cl)cc1)C(=O)OC(C)(C)C. The largest absolute Gasteiger partial charge is 0.466 e. The molecule has 0 unspecified atom stereocenters. The number of hydrogen-bond acceptors (Lipinski definition) is 6. The third kappa shape index (κ3) is 5.64. The van der Waals surface area contributed by atoms with Crippen molar-refractivity contribution >= 4 is 46.7 Å². The van der Waals surface area contributed by atoms with Crippen molar-refractivity contribution in [3.63, 3.8) is 0 Å². The molecule has 0 atom stereocenters. The van der Waals surface area contributed by atoms with E-state index in [2.05, 4.69) is 10.3 Å². The van der Waals surface area contributed by atoms with Gasteiger partial charge in [-0.3, -0.25) is 14.5 Å². The average molecular weight is 447 g/mol. The summed E-state index contributed by atoms with van der Waals surface area (Å²) < 4.78 is 10.7. The Bertz CT molecular complexity index is 1000. The van der Waals surface area contributed by atoms with Crippen LogP contribution in [0, 0.1) is 0 Å². The highest BCUT2D eigenvalue weighted by Gasteiger charge is 2.28. The van der Waals surface area contributed by atoms with Crippen LogP contribution in [-0.4, -0.2) is 53.6 Å². The number of likely N-dealkylation sites (N-methyl/N-ethyl adjacent to an activating group) is 1. The molecule has 1 aromatic heterocycles. The van der Waals surface area contributed by atoms with Crippen LogP contribution < -0.4 is 15.0 Å². The first-order chi connectivity index (χ1) is 14.5. The fourth-order valence-corrected chi connectivity index (χ4v) is 2.91. The van der Waals surface area contributed by atoms with Crippen LogP contribution >= 0.6 is 11.6 Å². The number of benzene rings is 1. The third-order valence-corrected chi connectivity index (χ3v) is 4.35. The number of nitrogens with zero attached hydrogens (tertiary/aromatic N) is 3. The molecule has 1 aliphatic heterocycles. The number of aromatic nitrogens is 1. The highest BCUT2D eigenvalue weighted by atomic mass is 35.5. The molecule has 3 amide bonds. The Balaban J connectivity index is 1.71. The molecular weight excluding hydrogens is 424 g/mol. The van der Waals surface area contributed by atoms with Crippen LogP contribution in [0.25, 0.3) is 0 Å². The van der Waals surface area contributed by atoms with E-state index in [1.807, 2.05) is 0 Å². The van der Waals surface area contributed by atoms with Crippen LogP contribution in [-0.2, 0) is 14.3 Å². The zero-order valence-corrected chi connectivity index (χ0v) is 18.4. The van der Waals surface area contributed by atoms with Gasteiger partial charge in [0.05, 0.1) is 0 Å². The number of carbonyl (C=O) groups excluding carboxylic acids is 3. The molecule has 9 nitrogen and oxygen atoms in total. The molecule has 31 heavy (non-hydrogen) atoms. The van der Waals surface area contributed by atoms with E-state index in [-0.39, 0.29) is 30.8 Å². The molecule has 1 N–H and O–H groups in total. The summed E-state index contributed by atoms with van der Waals surface area (Å²) in [6, 6.07) is 9.98. The van der Waals surface area contributed by atoms with Crippen LogP contribution in [0.5, 0.6) is 5.88 Å². The Kier molecular flexibility index (Phi) is 6.35. The summed E-state index contributed by atoms with van der Waals surface area (Å²) in [5.41, 5.74) is 0.408. The van der Waals surface area contributed by atoms with Crippen molar-refractivity contribution in [2.75, 3.05) is 30.4 Å². The van der Waals surface area contributed by atoms with Crippen LogP contribution in [0.3, 0.4) is 0 Å². The van der Waals surface area contributed by atoms with Crippen molar-refractivity contribution in [3.05, 3.63) is 41.4 Å². The molecule has 2 heterocycles. The van der Waals surface area contributed by atoms with Gasteiger partial charge in [-0.25, -0.2) is 4.79 Å². The standard InChI is InChI=1S/C21H23ClN4O5/c1-21(2,3)31-20(29)25(4)11-17(27)23-16-10-9-15-19(24-16)30-12-18(28)26(15)14-7-5-13(22)6-8-14/h5-10H,11-12H2,1-4H3,(H,23,24,27). The Morgan fingerprint density at radius 3 is 2.55 bits per heavy atom. The van der Waals surface area contributed by atoms with Crippen LogP contribution in [0.2, 0.25) is 5.02 Å². The van der Waals surface area contributed by atoms with Gasteiger partial charge in [0.1, 0.15) is 23.7 Å². The van der Waals surface area contributed by atoms with E-state index in [0.29, 0.717) is 16.4 Å². The Morgan fingerprint density at radius 1 is 1.23 bits per heavy atom. The summed E-state index contributed by atoms with van der Waals surface area (Å²) in [5, 5.41) is 3.17. The monoisotopic (exact) mass is 446 g/mol. The lowest BCUT2D eigenvalue weighted by atomic mass is 10.2. The van der Waals surface area contributed by atoms with Crippen molar-refractivity contribution < 1.29 is 23.9 Å². The minimum atomic E-state index is -0.660. The van der Waals surface area contributed by atoms with E-state index in [1.165, 1.54) is 11.9 Å². The predicted molar refractivity (Wildman–Crippen MR) is 116 cm³/mol. The van der Waals surface area contributed by atoms with E-state index >= 15 is 0 Å². The summed E-state index contributed by atoms with van der Waals surface area (Å²) in [6.07, 6.45) is -0.610. The second-order valence-electron chi connectivity index (χ2n) is 7.90. The number of rotatable bonds is 4. The maximum absolute atomic E-state index is 12.4. The van der Waals surface area contributed by atoms with Crippen molar-refractivity contribution in [1.29, 1.82) is 0 Å². The van der Waals surface area contributed by atoms with Crippen molar-refractivity contribution in [2.24, 2.45) is 0 Å². The van der Waals surface area contributed by atoms with Gasteiger partial charge in [0.2, 0.25) is 11.8 Å². The minimum Gasteiger partial charge on any atom is -0.466 e. The molecule has 2 aromatic rings. The summed E-state index contributed by atoms with van der Waals surface area (Å²) in [4.78, 5) is 43.6. The second kappa shape index (κ2) is 8.81. The molecule has 0 saturated carbocycles. The molecule has 0 spiro atoms. The zero-order valence-electron chi connectivity index (χ0n) is 17.6. The van der Waals surface area contributed by atoms with Gasteiger partial charge in [0.25, 0.3) is 5.91 Å². The average Bonchev–Trinajstić information content (AvgIpc) is 2.67. The fraction of sp³-hybridized carbons (Fsp3) is 0.333. The second-order valence-corrected chi connectivity index (χ2v) is 8.34. The van der Waals surface area contributed by atoms with Crippen molar-refractivity contribution in [2.45, 2.75) is 26.4 Å². The van der Waals surface area contributed by atoms with Crippen LogP contribution in [0.4, 0.5) is 22.0 Å². The number of fused-ring (bicyclic) bond motifs is 1. The van der Waals surface area contributed by atoms with E-state index in [0.717, 1.165) is 4.90 Å². The lowest BCUT2D eigenvalue weighted by Gasteiger charge is -2.29. The van der Waals surface area contributed by atoms with Crippen LogP contribution in [0.1, 0.15) is 20.8 Å². The van der Waals surface area contributed by atoms with Crippen molar-refractivity contribution in [1.82, 2.24) is 9.88 Å². The third-order valence-electron chi connectivity index (χ3n) is 4.10. The predicted octanol–water partition coefficient (Wildman–Crippen LogP) is 3.60. The maximum atomic E-state index is 12.4. The van der Waals surface area contributed by atoms with Crippen LogP contribution in [0.15, 0.2) is 36.4 Å². The van der Waals surface area contributed by atoms with Crippen molar-refractivity contribution in [3.8, 4) is 5.88 Å². The molecule has 1 aromatic carbocycles. The quantitative estimate of drug-likeness (QED) is 0.770. The first-order valence-electron chi connectivity index (χ1n) is 9.50. The van der Waals surface area contributed by atoms with E-state index < -0.39 is 17.6 Å². The lowest BCUT2D eigenvalue weighted by molar-refractivity contribution is -0.120. The Labute approximate surface area is 184 Å². The number of halogens is 1. The van der Waals surface area contributed by atoms with E-state index in [4.69, 9.17) is 21.1 Å². The lowest BCUT2D eigenvalue weighted by Crippen LogP contribution is -2.39. The minimum absolute atomic E-state index is 0.193. The Morgan fingerprint density at radius 2 is 1.90 bits per heavy atom. The molecule has 10 heteroatoms. The fourth-order valence-electron chi connectivity index (χ4n) is 2.78. The maximum Gasteiger partial charge on any atom is 0.410 e. The van der Waals surface area contributed by atoms with Gasteiger partial charge in [-0.2, -0.15) is 4.98 Å². The highest BCUT2D eigenvalue weighted by molar-refractivity contribution is 6.30. The Hall–Kier alpha value is -3.33. The summed E-state index contributed by atoms with van der Waals surface area (Å²) in [7, 11) is 1.46. The molecule has 0 bridgehead atoms. The normalized spacial score (nSPS) is 13.2. The van der Waals surface area contributed by atoms with Gasteiger partial charge in [-0.05, 0) is 57.2 Å². The van der Waals surface area contributed by atoms with E-state index in [1.54, 1.807) is 57.2 Å². The first-order valence-corrected chi connectivity index (χ1v) is 9.87. The number of ether oxygens (including phenoxy) is 2. The summed E-state index contributed by atoms with van der Waals surface area (Å²) >= 11 is 5.93. The number of amides is 3. The highest BCUT2D eigenvalue weighted by Crippen LogP contribution is 2.37. The molecular formula is C21H23ClN4O5. The van der Waals surface area contributed by atoms with Gasteiger partial charge in [-0.1, -0.05) is 11.6 Å². The molecule has 0 aliphatic carbocycles. The summed E-state index contributed by atoms with van der Waals surface area (Å²) in [6.45, 7) is 4.82. The topological polar surface area (TPSA) is 101 Å². The molecule has 3 rings (SSSR count). The zero-order chi connectivity index (χ0) is 22.8. The molecule has 164 valence electrons.